The number of ether oxygens (including phenoxy) is 5. The average molecular weight is 1240 g/mol. The molecule has 0 unspecified atom stereocenters. The van der Waals surface area contributed by atoms with Crippen molar-refractivity contribution >= 4 is 45.5 Å². The third-order valence-electron chi connectivity index (χ3n) is 17.4. The largest absolute Gasteiger partial charge is 0.497 e. The van der Waals surface area contributed by atoms with E-state index < -0.39 is 0 Å². The molecule has 2 aliphatic carbocycles. The molecule has 94 heavy (non-hydrogen) atoms. The summed E-state index contributed by atoms with van der Waals surface area (Å²) < 4.78 is 25.9. The Kier molecular flexibility index (Phi) is 19.8. The molecule has 0 heterocycles. The van der Waals surface area contributed by atoms with Crippen molar-refractivity contribution in [1.82, 2.24) is 0 Å². The van der Waals surface area contributed by atoms with Crippen LogP contribution >= 0.6 is 0 Å². The minimum atomic E-state index is -0.383. The number of anilines is 8. The van der Waals surface area contributed by atoms with Crippen molar-refractivity contribution < 1.29 is 23.7 Å². The summed E-state index contributed by atoms with van der Waals surface area (Å²) in [5.74, 6) is 4.29. The van der Waals surface area contributed by atoms with E-state index in [1.54, 1.807) is 35.5 Å². The van der Waals surface area contributed by atoms with Gasteiger partial charge in [0.05, 0.1) is 41.0 Å². The molecule has 0 saturated heterocycles. The lowest BCUT2D eigenvalue weighted by atomic mass is 9.67. The summed E-state index contributed by atoms with van der Waals surface area (Å²) in [6.45, 7) is 11.3. The lowest BCUT2D eigenvalue weighted by Gasteiger charge is -2.34. The second-order valence-corrected chi connectivity index (χ2v) is 24.7. The van der Waals surface area contributed by atoms with Crippen LogP contribution < -0.4 is 45.0 Å². The monoisotopic (exact) mass is 1240 g/mol. The molecule has 472 valence electrons. The van der Waals surface area contributed by atoms with Crippen LogP contribution in [-0.4, -0.2) is 35.5 Å². The minimum Gasteiger partial charge on any atom is -0.497 e. The molecule has 0 atom stereocenters. The average Bonchev–Trinajstić information content (AvgIpc) is 1.53. The van der Waals surface area contributed by atoms with Crippen LogP contribution in [0.2, 0.25) is 0 Å². The Balaban J connectivity index is 0.000000133. The van der Waals surface area contributed by atoms with E-state index in [0.29, 0.717) is 0 Å². The predicted molar refractivity (Wildman–Crippen MR) is 391 cm³/mol. The molecule has 12 aromatic carbocycles. The summed E-state index contributed by atoms with van der Waals surface area (Å²) in [6.07, 6.45) is 0. The summed E-state index contributed by atoms with van der Waals surface area (Å²) in [7, 11) is 8.36. The second-order valence-electron chi connectivity index (χ2n) is 24.7. The molecule has 2 aliphatic rings. The van der Waals surface area contributed by atoms with Gasteiger partial charge < -0.3 is 45.0 Å². The molecule has 9 nitrogen and oxygen atoms in total. The number of fused-ring (bicyclic) bond motifs is 6. The molecule has 0 saturated carbocycles. The molecule has 0 bridgehead atoms. The SMILES string of the molecule is COc1ccc(Nc2ccc(C(C)(C)C)cc2)cc1.COc1ccc(Nc2ccc(OC)cc2)cc1.COc1ccc(Nc2ccc3c(c2)C(C)(C)c2ccccc2-3)cc1.COc1ccc(Nc2ccc3c(c2)C(c2ccccc2)(c2ccccc2)c2ccccc2-3)cc1. The van der Waals surface area contributed by atoms with Crippen molar-refractivity contribution in [3.8, 4) is 51.0 Å². The Labute approximate surface area is 555 Å². The first-order valence-electron chi connectivity index (χ1n) is 31.7. The fourth-order valence-electron chi connectivity index (χ4n) is 12.4. The fourth-order valence-corrected chi connectivity index (χ4v) is 12.4. The van der Waals surface area contributed by atoms with Crippen molar-refractivity contribution in [2.75, 3.05) is 56.8 Å². The van der Waals surface area contributed by atoms with E-state index in [1.807, 2.05) is 121 Å². The Bertz CT molecular complexity index is 4330. The zero-order valence-electron chi connectivity index (χ0n) is 55.3. The van der Waals surface area contributed by atoms with Crippen molar-refractivity contribution in [1.29, 1.82) is 0 Å². The Morgan fingerprint density at radius 1 is 0.255 bits per heavy atom. The highest BCUT2D eigenvalue weighted by molar-refractivity contribution is 5.88. The first-order valence-corrected chi connectivity index (χ1v) is 31.7. The quantitative estimate of drug-likeness (QED) is 0.0801. The fraction of sp³-hybridized carbons (Fsp3) is 0.153. The molecule has 4 N–H and O–H groups in total. The van der Waals surface area contributed by atoms with E-state index in [1.165, 1.54) is 61.2 Å². The summed E-state index contributed by atoms with van der Waals surface area (Å²) in [6, 6.07) is 101. The summed E-state index contributed by atoms with van der Waals surface area (Å²) in [5.41, 5.74) is 22.9. The highest BCUT2D eigenvalue weighted by Gasteiger charge is 2.46. The zero-order valence-corrected chi connectivity index (χ0v) is 55.3. The first kappa shape index (κ1) is 64.4. The standard InChI is InChI=1S/C32H25NO.C22H21NO.C17H21NO.C14H15NO2/c1-34-27-19-16-25(17-20-27)33-26-18-21-29-28-14-8-9-15-30(28)32(31(29)22-26,23-10-4-2-5-11-23)24-12-6-3-7-13-24;1-22(2)20-7-5-4-6-18(20)19-13-10-16(14-21(19)22)23-15-8-11-17(24-3)12-9-15;1-17(2,3)13-5-7-14(8-6-13)18-15-9-11-16(19-4)12-10-15;1-16-13-7-3-11(4-8-13)15-12-5-9-14(17-2)10-6-12/h2-22,33H,1H3;4-14,23H,1-3H3;5-12,18H,1-4H3;3-10,15H,1-2H3. The van der Waals surface area contributed by atoms with Crippen LogP contribution in [0.5, 0.6) is 28.7 Å². The van der Waals surface area contributed by atoms with Gasteiger partial charge in [0.25, 0.3) is 0 Å². The van der Waals surface area contributed by atoms with Gasteiger partial charge in [0, 0.05) is 50.9 Å². The van der Waals surface area contributed by atoms with Crippen LogP contribution in [0.25, 0.3) is 22.3 Å². The molecule has 12 aromatic rings. The molecule has 0 amide bonds. The molecular formula is C85H82N4O5. The zero-order chi connectivity index (χ0) is 65.7. The number of hydrogen-bond acceptors (Lipinski definition) is 9. The highest BCUT2D eigenvalue weighted by Crippen LogP contribution is 2.57. The van der Waals surface area contributed by atoms with Crippen molar-refractivity contribution in [2.45, 2.75) is 50.9 Å². The smallest absolute Gasteiger partial charge is 0.119 e. The number of benzene rings is 12. The third kappa shape index (κ3) is 14.5. The van der Waals surface area contributed by atoms with E-state index in [4.69, 9.17) is 23.7 Å². The van der Waals surface area contributed by atoms with E-state index in [0.717, 1.165) is 74.2 Å². The minimum absolute atomic E-state index is 0.0313. The Morgan fingerprint density at radius 2 is 0.521 bits per heavy atom. The van der Waals surface area contributed by atoms with Gasteiger partial charge >= 0.3 is 0 Å². The van der Waals surface area contributed by atoms with Gasteiger partial charge in [0.15, 0.2) is 0 Å². The number of nitrogens with one attached hydrogen (secondary N) is 4. The van der Waals surface area contributed by atoms with Crippen LogP contribution in [0.3, 0.4) is 0 Å². The lowest BCUT2D eigenvalue weighted by molar-refractivity contribution is 0.414. The van der Waals surface area contributed by atoms with Gasteiger partial charge in [-0.1, -0.05) is 168 Å². The lowest BCUT2D eigenvalue weighted by Crippen LogP contribution is -2.28. The van der Waals surface area contributed by atoms with Gasteiger partial charge in [-0.3, -0.25) is 0 Å². The molecule has 0 radical (unpaired) electrons. The van der Waals surface area contributed by atoms with Crippen LogP contribution in [0.15, 0.2) is 291 Å². The molecule has 0 aromatic heterocycles. The first-order chi connectivity index (χ1) is 45.7. The van der Waals surface area contributed by atoms with Gasteiger partial charge in [0.1, 0.15) is 28.7 Å². The Hall–Kier alpha value is -11.2. The van der Waals surface area contributed by atoms with Crippen molar-refractivity contribution in [3.05, 3.63) is 330 Å². The van der Waals surface area contributed by atoms with Crippen molar-refractivity contribution in [2.24, 2.45) is 0 Å². The molecule has 9 heteroatoms. The topological polar surface area (TPSA) is 94.3 Å². The summed E-state index contributed by atoms with van der Waals surface area (Å²) in [5, 5.41) is 13.8. The predicted octanol–water partition coefficient (Wildman–Crippen LogP) is 21.7. The number of hydrogen-bond donors (Lipinski definition) is 4. The van der Waals surface area contributed by atoms with E-state index in [2.05, 4.69) is 226 Å². The highest BCUT2D eigenvalue weighted by atomic mass is 16.5. The van der Waals surface area contributed by atoms with Crippen LogP contribution in [0.1, 0.15) is 73.6 Å². The van der Waals surface area contributed by atoms with Crippen LogP contribution in [0, 0.1) is 0 Å². The molecule has 0 aliphatic heterocycles. The third-order valence-corrected chi connectivity index (χ3v) is 17.4. The van der Waals surface area contributed by atoms with E-state index >= 15 is 0 Å². The van der Waals surface area contributed by atoms with Crippen LogP contribution in [-0.2, 0) is 16.2 Å². The molecule has 0 spiro atoms. The molecule has 14 rings (SSSR count). The van der Waals surface area contributed by atoms with Gasteiger partial charge in [-0.05, 0) is 224 Å². The maximum atomic E-state index is 5.31. The maximum absolute atomic E-state index is 5.31. The summed E-state index contributed by atoms with van der Waals surface area (Å²) >= 11 is 0. The molecule has 0 fully saturated rings. The maximum Gasteiger partial charge on any atom is 0.119 e. The van der Waals surface area contributed by atoms with Gasteiger partial charge in [-0.2, -0.15) is 0 Å². The Morgan fingerprint density at radius 3 is 0.872 bits per heavy atom. The van der Waals surface area contributed by atoms with Gasteiger partial charge in [-0.15, -0.1) is 0 Å². The van der Waals surface area contributed by atoms with E-state index in [9.17, 15) is 0 Å². The van der Waals surface area contributed by atoms with Crippen molar-refractivity contribution in [3.63, 3.8) is 0 Å². The number of rotatable bonds is 15. The van der Waals surface area contributed by atoms with Gasteiger partial charge in [0.2, 0.25) is 0 Å². The number of methoxy groups -OCH3 is 5. The molecular weight excluding hydrogens is 1160 g/mol. The second kappa shape index (κ2) is 29.0. The summed E-state index contributed by atoms with van der Waals surface area (Å²) in [4.78, 5) is 0. The van der Waals surface area contributed by atoms with E-state index in [-0.39, 0.29) is 16.2 Å². The van der Waals surface area contributed by atoms with Gasteiger partial charge in [-0.25, -0.2) is 0 Å². The van der Waals surface area contributed by atoms with Crippen LogP contribution in [0.4, 0.5) is 45.5 Å². The normalized spacial score (nSPS) is 12.3.